The van der Waals surface area contributed by atoms with Gasteiger partial charge in [-0.3, -0.25) is 8.96 Å². The van der Waals surface area contributed by atoms with E-state index in [9.17, 15) is 0 Å². The zero-order chi connectivity index (χ0) is 16.5. The van der Waals surface area contributed by atoms with Gasteiger partial charge in [-0.05, 0) is 55.6 Å². The van der Waals surface area contributed by atoms with E-state index in [1.165, 1.54) is 10.5 Å². The third-order valence-corrected chi connectivity index (χ3v) is 4.81. The molecule has 1 aromatic carbocycles. The molecule has 4 rings (SSSR count). The second-order valence-electron chi connectivity index (χ2n) is 5.71. The van der Waals surface area contributed by atoms with Crippen molar-refractivity contribution in [2.24, 2.45) is 0 Å². The molecule has 0 fully saturated rings. The Hall–Kier alpha value is -2.66. The fourth-order valence-corrected chi connectivity index (χ4v) is 3.47. The zero-order valence-electron chi connectivity index (χ0n) is 13.5. The monoisotopic (exact) mass is 332 g/mol. The number of hydrogen-bond donors (Lipinski definition) is 0. The molecular weight excluding hydrogens is 316 g/mol. The molecule has 0 bridgehead atoms. The van der Waals surface area contributed by atoms with Crippen LogP contribution < -0.4 is 0 Å². The molecule has 0 spiro atoms. The van der Waals surface area contributed by atoms with Crippen molar-refractivity contribution in [3.8, 4) is 11.3 Å². The third kappa shape index (κ3) is 2.78. The fraction of sp³-hybridized carbons (Fsp3) is 0.105. The Labute approximate surface area is 144 Å². The van der Waals surface area contributed by atoms with Crippen molar-refractivity contribution >= 4 is 23.1 Å². The molecule has 0 aliphatic carbocycles. The highest BCUT2D eigenvalue weighted by Crippen LogP contribution is 2.28. The fourth-order valence-electron chi connectivity index (χ4n) is 2.55. The van der Waals surface area contributed by atoms with E-state index in [-0.39, 0.29) is 0 Å². The Kier molecular flexibility index (Phi) is 3.78. The smallest absolute Gasteiger partial charge is 0.169 e. The van der Waals surface area contributed by atoms with Gasteiger partial charge in [0.2, 0.25) is 0 Å². The van der Waals surface area contributed by atoms with Crippen LogP contribution in [0, 0.1) is 13.8 Å². The van der Waals surface area contributed by atoms with E-state index in [4.69, 9.17) is 4.98 Å². The molecule has 4 aromatic rings. The zero-order valence-corrected chi connectivity index (χ0v) is 14.3. The standard InChI is InChI=1S/C19H16N4S/c1-13-3-5-16(6-4-13)24-23-12-14(2)18-19(23)21-11-17(22-18)15-7-9-20-10-8-15/h3-12H,1-2H3. The summed E-state index contributed by atoms with van der Waals surface area (Å²) >= 11 is 1.65. The molecule has 0 saturated heterocycles. The summed E-state index contributed by atoms with van der Waals surface area (Å²) in [5.41, 5.74) is 6.09. The lowest BCUT2D eigenvalue weighted by Crippen LogP contribution is -1.91. The number of nitrogens with zero attached hydrogens (tertiary/aromatic N) is 4. The largest absolute Gasteiger partial charge is 0.269 e. The van der Waals surface area contributed by atoms with Crippen LogP contribution in [0.25, 0.3) is 22.4 Å². The van der Waals surface area contributed by atoms with Crippen LogP contribution in [-0.4, -0.2) is 18.9 Å². The van der Waals surface area contributed by atoms with Crippen molar-refractivity contribution in [1.82, 2.24) is 18.9 Å². The van der Waals surface area contributed by atoms with E-state index in [1.54, 1.807) is 24.3 Å². The highest BCUT2D eigenvalue weighted by Gasteiger charge is 2.11. The number of fused-ring (bicyclic) bond motifs is 1. The van der Waals surface area contributed by atoms with Gasteiger partial charge in [-0.15, -0.1) is 0 Å². The molecule has 0 N–H and O–H groups in total. The number of aryl methyl sites for hydroxylation is 2. The van der Waals surface area contributed by atoms with Crippen LogP contribution in [0.3, 0.4) is 0 Å². The van der Waals surface area contributed by atoms with Gasteiger partial charge in [0.25, 0.3) is 0 Å². The Morgan fingerprint density at radius 3 is 2.46 bits per heavy atom. The molecule has 5 heteroatoms. The molecule has 24 heavy (non-hydrogen) atoms. The molecule has 0 aliphatic rings. The summed E-state index contributed by atoms with van der Waals surface area (Å²) in [5.74, 6) is 0. The van der Waals surface area contributed by atoms with Gasteiger partial charge in [-0.2, -0.15) is 0 Å². The van der Waals surface area contributed by atoms with Crippen molar-refractivity contribution in [1.29, 1.82) is 0 Å². The maximum absolute atomic E-state index is 4.80. The van der Waals surface area contributed by atoms with E-state index in [2.05, 4.69) is 58.3 Å². The van der Waals surface area contributed by atoms with Crippen molar-refractivity contribution in [3.63, 3.8) is 0 Å². The SMILES string of the molecule is Cc1ccc(Sn2cc(C)c3nc(-c4ccncc4)cnc32)cc1. The van der Waals surface area contributed by atoms with Gasteiger partial charge in [-0.1, -0.05) is 17.7 Å². The van der Waals surface area contributed by atoms with Gasteiger partial charge in [0.05, 0.1) is 11.9 Å². The summed E-state index contributed by atoms with van der Waals surface area (Å²) in [6.07, 6.45) is 7.45. The maximum Gasteiger partial charge on any atom is 0.169 e. The molecular formula is C19H16N4S. The molecule has 0 aliphatic heterocycles. The minimum atomic E-state index is 0.867. The van der Waals surface area contributed by atoms with Crippen LogP contribution in [0.1, 0.15) is 11.1 Å². The predicted octanol–water partition coefficient (Wildman–Crippen LogP) is 4.67. The average Bonchev–Trinajstić information content (AvgIpc) is 2.93. The van der Waals surface area contributed by atoms with E-state index >= 15 is 0 Å². The summed E-state index contributed by atoms with van der Waals surface area (Å²) in [6, 6.07) is 12.4. The average molecular weight is 332 g/mol. The van der Waals surface area contributed by atoms with E-state index in [1.807, 2.05) is 18.3 Å². The van der Waals surface area contributed by atoms with Gasteiger partial charge in [0.15, 0.2) is 5.65 Å². The van der Waals surface area contributed by atoms with Crippen LogP contribution >= 0.6 is 11.9 Å². The van der Waals surface area contributed by atoms with Gasteiger partial charge in [0, 0.05) is 29.0 Å². The molecule has 0 saturated carbocycles. The van der Waals surface area contributed by atoms with Crippen molar-refractivity contribution < 1.29 is 0 Å². The third-order valence-electron chi connectivity index (χ3n) is 3.85. The number of benzene rings is 1. The minimum Gasteiger partial charge on any atom is -0.269 e. The molecule has 4 nitrogen and oxygen atoms in total. The highest BCUT2D eigenvalue weighted by molar-refractivity contribution is 7.98. The first-order valence-electron chi connectivity index (χ1n) is 7.71. The molecule has 0 unspecified atom stereocenters. The molecule has 0 radical (unpaired) electrons. The first-order valence-corrected chi connectivity index (χ1v) is 8.48. The number of rotatable bonds is 3. The van der Waals surface area contributed by atoms with E-state index in [0.717, 1.165) is 28.0 Å². The first kappa shape index (κ1) is 14.9. The van der Waals surface area contributed by atoms with E-state index in [0.29, 0.717) is 0 Å². The first-order chi connectivity index (χ1) is 11.7. The highest BCUT2D eigenvalue weighted by atomic mass is 32.2. The molecule has 0 atom stereocenters. The van der Waals surface area contributed by atoms with E-state index < -0.39 is 0 Å². The predicted molar refractivity (Wildman–Crippen MR) is 97.9 cm³/mol. The number of pyridine rings is 1. The lowest BCUT2D eigenvalue weighted by atomic mass is 10.2. The lowest BCUT2D eigenvalue weighted by Gasteiger charge is -2.05. The maximum atomic E-state index is 4.80. The van der Waals surface area contributed by atoms with Gasteiger partial charge in [-0.25, -0.2) is 9.97 Å². The minimum absolute atomic E-state index is 0.867. The van der Waals surface area contributed by atoms with Crippen LogP contribution in [-0.2, 0) is 0 Å². The molecule has 118 valence electrons. The Morgan fingerprint density at radius 1 is 0.958 bits per heavy atom. The second-order valence-corrected chi connectivity index (χ2v) is 6.75. The number of aromatic nitrogens is 4. The molecule has 3 aromatic heterocycles. The number of hydrogen-bond acceptors (Lipinski definition) is 4. The second kappa shape index (κ2) is 6.09. The van der Waals surface area contributed by atoms with Gasteiger partial charge < -0.3 is 0 Å². The van der Waals surface area contributed by atoms with Crippen molar-refractivity contribution in [2.75, 3.05) is 0 Å². The summed E-state index contributed by atoms with van der Waals surface area (Å²) in [7, 11) is 0. The van der Waals surface area contributed by atoms with Crippen LogP contribution in [0.2, 0.25) is 0 Å². The molecule has 3 heterocycles. The molecule has 0 amide bonds. The van der Waals surface area contributed by atoms with Crippen molar-refractivity contribution in [2.45, 2.75) is 18.7 Å². The Morgan fingerprint density at radius 2 is 1.71 bits per heavy atom. The summed E-state index contributed by atoms with van der Waals surface area (Å²) < 4.78 is 2.08. The lowest BCUT2D eigenvalue weighted by molar-refractivity contribution is 1.21. The summed E-state index contributed by atoms with van der Waals surface area (Å²) in [5, 5.41) is 0. The summed E-state index contributed by atoms with van der Waals surface area (Å²) in [6.45, 7) is 4.16. The van der Waals surface area contributed by atoms with Crippen LogP contribution in [0.5, 0.6) is 0 Å². The quantitative estimate of drug-likeness (QED) is 0.547. The van der Waals surface area contributed by atoms with Crippen LogP contribution in [0.4, 0.5) is 0 Å². The topological polar surface area (TPSA) is 43.6 Å². The van der Waals surface area contributed by atoms with Crippen molar-refractivity contribution in [3.05, 3.63) is 72.3 Å². The Bertz CT molecular complexity index is 991. The Balaban J connectivity index is 1.75. The van der Waals surface area contributed by atoms with Gasteiger partial charge >= 0.3 is 0 Å². The normalized spacial score (nSPS) is 11.1. The van der Waals surface area contributed by atoms with Gasteiger partial charge in [0.1, 0.15) is 5.52 Å². The summed E-state index contributed by atoms with van der Waals surface area (Å²) in [4.78, 5) is 14.7. The van der Waals surface area contributed by atoms with Crippen LogP contribution in [0.15, 0.2) is 66.1 Å².